The minimum absolute atomic E-state index is 0.399. The first kappa shape index (κ1) is 18.2. The predicted molar refractivity (Wildman–Crippen MR) is 91.6 cm³/mol. The molecule has 0 saturated carbocycles. The van der Waals surface area contributed by atoms with Crippen LogP contribution in [0, 0.1) is 11.8 Å². The summed E-state index contributed by atoms with van der Waals surface area (Å²) in [5, 5.41) is 10.5. The second kappa shape index (κ2) is 8.55. The standard InChI is InChI=1S/C19H33NO/c1-14(2)11-20(12-15(3)4)13-19(21)18-9-7-17(8-10-18)16(5)6/h7-10,14-16,19,21H,11-13H2,1-6H3. The van der Waals surface area contributed by atoms with Crippen molar-refractivity contribution in [1.29, 1.82) is 0 Å². The summed E-state index contributed by atoms with van der Waals surface area (Å²) in [6, 6.07) is 8.42. The van der Waals surface area contributed by atoms with Gasteiger partial charge < -0.3 is 5.11 Å². The van der Waals surface area contributed by atoms with Gasteiger partial charge in [0.25, 0.3) is 0 Å². The number of hydrogen-bond donors (Lipinski definition) is 1. The SMILES string of the molecule is CC(C)CN(CC(C)C)CC(O)c1ccc(C(C)C)cc1. The van der Waals surface area contributed by atoms with Gasteiger partial charge in [-0.25, -0.2) is 0 Å². The first-order valence-electron chi connectivity index (χ1n) is 8.29. The number of nitrogens with zero attached hydrogens (tertiary/aromatic N) is 1. The molecule has 0 aliphatic carbocycles. The molecule has 0 amide bonds. The molecule has 0 spiro atoms. The molecule has 0 aliphatic rings. The van der Waals surface area contributed by atoms with E-state index in [2.05, 4.69) is 70.7 Å². The van der Waals surface area contributed by atoms with Crippen molar-refractivity contribution in [2.75, 3.05) is 19.6 Å². The van der Waals surface area contributed by atoms with Crippen LogP contribution in [0.5, 0.6) is 0 Å². The maximum Gasteiger partial charge on any atom is 0.0916 e. The molecule has 1 atom stereocenters. The van der Waals surface area contributed by atoms with Crippen LogP contribution >= 0.6 is 0 Å². The van der Waals surface area contributed by atoms with Crippen LogP contribution in [0.4, 0.5) is 0 Å². The molecule has 1 aromatic rings. The Kier molecular flexibility index (Phi) is 7.41. The molecule has 0 saturated heterocycles. The molecule has 0 aliphatic heterocycles. The highest BCUT2D eigenvalue weighted by molar-refractivity contribution is 5.26. The van der Waals surface area contributed by atoms with Crippen LogP contribution in [0.2, 0.25) is 0 Å². The van der Waals surface area contributed by atoms with Crippen molar-refractivity contribution in [2.45, 2.75) is 53.6 Å². The minimum Gasteiger partial charge on any atom is -0.387 e. The van der Waals surface area contributed by atoms with Crippen molar-refractivity contribution in [3.63, 3.8) is 0 Å². The topological polar surface area (TPSA) is 23.5 Å². The van der Waals surface area contributed by atoms with E-state index in [1.165, 1.54) is 5.56 Å². The second-order valence-electron chi connectivity index (χ2n) is 7.34. The lowest BCUT2D eigenvalue weighted by molar-refractivity contribution is 0.0987. The number of aliphatic hydroxyl groups excluding tert-OH is 1. The Morgan fingerprint density at radius 2 is 1.19 bits per heavy atom. The number of benzene rings is 1. The van der Waals surface area contributed by atoms with Gasteiger partial charge in [-0.2, -0.15) is 0 Å². The van der Waals surface area contributed by atoms with Gasteiger partial charge in [0, 0.05) is 19.6 Å². The molecule has 1 aromatic carbocycles. The van der Waals surface area contributed by atoms with Gasteiger partial charge in [-0.3, -0.25) is 4.90 Å². The normalized spacial score (nSPS) is 13.7. The summed E-state index contributed by atoms with van der Waals surface area (Å²) in [6.07, 6.45) is -0.399. The quantitative estimate of drug-likeness (QED) is 0.764. The van der Waals surface area contributed by atoms with Crippen LogP contribution < -0.4 is 0 Å². The molecule has 0 fully saturated rings. The molecule has 1 unspecified atom stereocenters. The zero-order valence-corrected chi connectivity index (χ0v) is 14.6. The highest BCUT2D eigenvalue weighted by Gasteiger charge is 2.16. The maximum absolute atomic E-state index is 10.5. The third-order valence-electron chi connectivity index (χ3n) is 3.67. The van der Waals surface area contributed by atoms with Gasteiger partial charge >= 0.3 is 0 Å². The van der Waals surface area contributed by atoms with Gasteiger partial charge in [0.1, 0.15) is 0 Å². The third-order valence-corrected chi connectivity index (χ3v) is 3.67. The average Bonchev–Trinajstić information content (AvgIpc) is 2.37. The predicted octanol–water partition coefficient (Wildman–Crippen LogP) is 4.46. The van der Waals surface area contributed by atoms with Crippen LogP contribution in [0.25, 0.3) is 0 Å². The van der Waals surface area contributed by atoms with E-state index < -0.39 is 6.10 Å². The number of aliphatic hydroxyl groups is 1. The smallest absolute Gasteiger partial charge is 0.0916 e. The minimum atomic E-state index is -0.399. The van der Waals surface area contributed by atoms with E-state index in [1.807, 2.05) is 0 Å². The second-order valence-corrected chi connectivity index (χ2v) is 7.34. The van der Waals surface area contributed by atoms with E-state index >= 15 is 0 Å². The Bertz CT molecular complexity index is 385. The van der Waals surface area contributed by atoms with Crippen LogP contribution in [-0.2, 0) is 0 Å². The molecule has 0 aromatic heterocycles. The van der Waals surface area contributed by atoms with Crippen molar-refractivity contribution in [1.82, 2.24) is 4.90 Å². The fourth-order valence-corrected chi connectivity index (χ4v) is 2.71. The Hall–Kier alpha value is -0.860. The van der Waals surface area contributed by atoms with Gasteiger partial charge in [0.05, 0.1) is 6.10 Å². The molecule has 2 heteroatoms. The lowest BCUT2D eigenvalue weighted by atomic mass is 9.99. The Balaban J connectivity index is 2.69. The van der Waals surface area contributed by atoms with E-state index in [4.69, 9.17) is 0 Å². The van der Waals surface area contributed by atoms with Crippen molar-refractivity contribution in [3.05, 3.63) is 35.4 Å². The molecule has 0 bridgehead atoms. The molecule has 0 heterocycles. The van der Waals surface area contributed by atoms with E-state index in [-0.39, 0.29) is 0 Å². The average molecular weight is 291 g/mol. The lowest BCUT2D eigenvalue weighted by Crippen LogP contribution is -2.35. The van der Waals surface area contributed by atoms with Crippen molar-refractivity contribution >= 4 is 0 Å². The van der Waals surface area contributed by atoms with Gasteiger partial charge in [-0.1, -0.05) is 65.8 Å². The molecule has 21 heavy (non-hydrogen) atoms. The van der Waals surface area contributed by atoms with Crippen molar-refractivity contribution in [2.24, 2.45) is 11.8 Å². The molecule has 0 radical (unpaired) electrons. The Morgan fingerprint density at radius 1 is 0.762 bits per heavy atom. The molecule has 1 rings (SSSR count). The summed E-state index contributed by atoms with van der Waals surface area (Å²) in [5.41, 5.74) is 2.35. The first-order chi connectivity index (χ1) is 9.79. The summed E-state index contributed by atoms with van der Waals surface area (Å²) in [5.74, 6) is 1.79. The number of rotatable bonds is 8. The van der Waals surface area contributed by atoms with Gasteiger partial charge in [-0.15, -0.1) is 0 Å². The Labute approximate surface area is 131 Å². The highest BCUT2D eigenvalue weighted by Crippen LogP contribution is 2.20. The zero-order chi connectivity index (χ0) is 16.0. The van der Waals surface area contributed by atoms with Gasteiger partial charge in [-0.05, 0) is 28.9 Å². The highest BCUT2D eigenvalue weighted by atomic mass is 16.3. The summed E-state index contributed by atoms with van der Waals surface area (Å²) in [7, 11) is 0. The summed E-state index contributed by atoms with van der Waals surface area (Å²) >= 11 is 0. The largest absolute Gasteiger partial charge is 0.387 e. The fourth-order valence-electron chi connectivity index (χ4n) is 2.71. The van der Waals surface area contributed by atoms with Gasteiger partial charge in [0.15, 0.2) is 0 Å². The third kappa shape index (κ3) is 6.62. The van der Waals surface area contributed by atoms with Gasteiger partial charge in [0.2, 0.25) is 0 Å². The van der Waals surface area contributed by atoms with Crippen LogP contribution in [-0.4, -0.2) is 29.6 Å². The first-order valence-corrected chi connectivity index (χ1v) is 8.29. The van der Waals surface area contributed by atoms with Crippen molar-refractivity contribution in [3.8, 4) is 0 Å². The van der Waals surface area contributed by atoms with E-state index in [0.717, 1.165) is 25.2 Å². The fraction of sp³-hybridized carbons (Fsp3) is 0.684. The van der Waals surface area contributed by atoms with E-state index in [9.17, 15) is 5.11 Å². The zero-order valence-electron chi connectivity index (χ0n) is 14.6. The summed E-state index contributed by atoms with van der Waals surface area (Å²) in [4.78, 5) is 2.39. The van der Waals surface area contributed by atoms with Crippen LogP contribution in [0.1, 0.15) is 64.7 Å². The Morgan fingerprint density at radius 3 is 1.57 bits per heavy atom. The van der Waals surface area contributed by atoms with Crippen LogP contribution in [0.3, 0.4) is 0 Å². The monoisotopic (exact) mass is 291 g/mol. The summed E-state index contributed by atoms with van der Waals surface area (Å²) < 4.78 is 0. The molecular weight excluding hydrogens is 258 g/mol. The van der Waals surface area contributed by atoms with E-state index in [1.54, 1.807) is 0 Å². The summed E-state index contributed by atoms with van der Waals surface area (Å²) in [6.45, 7) is 16.1. The molecule has 1 N–H and O–H groups in total. The van der Waals surface area contributed by atoms with Crippen molar-refractivity contribution < 1.29 is 5.11 Å². The molecular formula is C19H33NO. The maximum atomic E-state index is 10.5. The molecule has 120 valence electrons. The lowest BCUT2D eigenvalue weighted by Gasteiger charge is -2.28. The molecule has 2 nitrogen and oxygen atoms in total. The van der Waals surface area contributed by atoms with E-state index in [0.29, 0.717) is 17.8 Å². The number of hydrogen-bond acceptors (Lipinski definition) is 2. The van der Waals surface area contributed by atoms with Crippen LogP contribution in [0.15, 0.2) is 24.3 Å².